The summed E-state index contributed by atoms with van der Waals surface area (Å²) in [5, 5.41) is 0. The molecule has 0 saturated carbocycles. The van der Waals surface area contributed by atoms with Crippen LogP contribution >= 0.6 is 0 Å². The molecule has 0 aromatic rings. The van der Waals surface area contributed by atoms with Crippen molar-refractivity contribution in [3.63, 3.8) is 0 Å². The fraction of sp³-hybridized carbons (Fsp3) is 0.947. The first kappa shape index (κ1) is 25.3. The van der Waals surface area contributed by atoms with Crippen LogP contribution in [0.2, 0.25) is 0 Å². The highest BCUT2D eigenvalue weighted by atomic mass is 16.7. The van der Waals surface area contributed by atoms with E-state index in [2.05, 4.69) is 0 Å². The van der Waals surface area contributed by atoms with E-state index in [1.54, 1.807) is 0 Å². The van der Waals surface area contributed by atoms with Gasteiger partial charge in [0.2, 0.25) is 0 Å². The van der Waals surface area contributed by atoms with Gasteiger partial charge in [0.1, 0.15) is 0 Å². The van der Waals surface area contributed by atoms with Gasteiger partial charge in [0.25, 0.3) is 0 Å². The maximum absolute atomic E-state index is 11.7. The highest BCUT2D eigenvalue weighted by Gasteiger charge is 2.39. The average Bonchev–Trinajstić information content (AvgIpc) is 2.63. The van der Waals surface area contributed by atoms with Gasteiger partial charge >= 0.3 is 5.97 Å². The molecular weight excluding hydrogens is 338 g/mol. The summed E-state index contributed by atoms with van der Waals surface area (Å²) in [7, 11) is 1.38. The van der Waals surface area contributed by atoms with Crippen LogP contribution in [-0.2, 0) is 28.5 Å². The van der Waals surface area contributed by atoms with Gasteiger partial charge in [-0.05, 0) is 27.7 Å². The molecule has 2 saturated heterocycles. The predicted octanol–water partition coefficient (Wildman–Crippen LogP) is 2.82. The van der Waals surface area contributed by atoms with Gasteiger partial charge in [0.05, 0.1) is 52.2 Å². The fourth-order valence-corrected chi connectivity index (χ4v) is 2.52. The molecule has 0 bridgehead atoms. The molecule has 0 unspecified atom stereocenters. The molecule has 7 nitrogen and oxygen atoms in total. The van der Waals surface area contributed by atoms with E-state index in [0.717, 1.165) is 0 Å². The monoisotopic (exact) mass is 377 g/mol. The Morgan fingerprint density at radius 1 is 0.846 bits per heavy atom. The van der Waals surface area contributed by atoms with E-state index < -0.39 is 11.6 Å². The minimum absolute atomic E-state index is 0.0365. The molecule has 0 amide bonds. The Kier molecular flexibility index (Phi) is 11.5. The van der Waals surface area contributed by atoms with E-state index in [9.17, 15) is 4.79 Å². The summed E-state index contributed by atoms with van der Waals surface area (Å²) < 4.78 is 27.6. The van der Waals surface area contributed by atoms with Crippen LogP contribution in [0.15, 0.2) is 0 Å². The Balaban J connectivity index is 0.00000146. The van der Waals surface area contributed by atoms with Gasteiger partial charge in [0.15, 0.2) is 11.6 Å². The van der Waals surface area contributed by atoms with Crippen molar-refractivity contribution in [2.75, 3.05) is 40.1 Å². The standard InChI is InChI=1S/C15H27NO6.2C2H6/c1-14(2)19-7-11(8-20-14)16(6-13(17)18-5)12-9-21-15(3,4)22-10-12;2*1-2/h11-12H,6-10H2,1-5H3;2*1-2H3. The van der Waals surface area contributed by atoms with Crippen molar-refractivity contribution < 1.29 is 28.5 Å². The Morgan fingerprint density at radius 3 is 1.42 bits per heavy atom. The normalized spacial score (nSPS) is 22.5. The molecule has 2 aliphatic rings. The largest absolute Gasteiger partial charge is 0.468 e. The number of carbonyl (C=O) groups is 1. The predicted molar refractivity (Wildman–Crippen MR) is 101 cm³/mol. The summed E-state index contributed by atoms with van der Waals surface area (Å²) in [6.07, 6.45) is 0. The highest BCUT2D eigenvalue weighted by molar-refractivity contribution is 5.71. The zero-order valence-electron chi connectivity index (χ0n) is 18.1. The summed E-state index contributed by atoms with van der Waals surface area (Å²) in [6.45, 7) is 17.6. The van der Waals surface area contributed by atoms with Crippen molar-refractivity contribution in [1.29, 1.82) is 0 Å². The number of hydrogen-bond acceptors (Lipinski definition) is 7. The zero-order valence-corrected chi connectivity index (χ0v) is 18.1. The Morgan fingerprint density at radius 2 is 1.15 bits per heavy atom. The molecule has 0 aromatic carbocycles. The lowest BCUT2D eigenvalue weighted by atomic mass is 10.1. The lowest BCUT2D eigenvalue weighted by Gasteiger charge is -2.45. The Hall–Kier alpha value is -0.730. The molecule has 0 N–H and O–H groups in total. The van der Waals surface area contributed by atoms with Crippen LogP contribution in [0.1, 0.15) is 55.4 Å². The van der Waals surface area contributed by atoms with E-state index in [1.165, 1.54) is 7.11 Å². The second-order valence-electron chi connectivity index (χ2n) is 6.60. The van der Waals surface area contributed by atoms with Crippen molar-refractivity contribution in [3.8, 4) is 0 Å². The van der Waals surface area contributed by atoms with Crippen LogP contribution in [-0.4, -0.2) is 74.6 Å². The number of esters is 1. The van der Waals surface area contributed by atoms with Gasteiger partial charge in [-0.3, -0.25) is 9.69 Å². The zero-order chi connectivity index (χ0) is 20.4. The molecule has 2 rings (SSSR count). The maximum atomic E-state index is 11.7. The average molecular weight is 378 g/mol. The molecule has 156 valence electrons. The van der Waals surface area contributed by atoms with E-state index in [4.69, 9.17) is 23.7 Å². The van der Waals surface area contributed by atoms with Crippen LogP contribution in [0.5, 0.6) is 0 Å². The number of ether oxygens (including phenoxy) is 5. The summed E-state index contributed by atoms with van der Waals surface area (Å²) in [5.74, 6) is -1.47. The first-order valence-corrected chi connectivity index (χ1v) is 9.61. The third kappa shape index (κ3) is 8.31. The smallest absolute Gasteiger partial charge is 0.319 e. The molecule has 2 fully saturated rings. The third-order valence-electron chi connectivity index (χ3n) is 3.97. The number of hydrogen-bond donors (Lipinski definition) is 0. The number of nitrogens with zero attached hydrogens (tertiary/aromatic N) is 1. The van der Waals surface area contributed by atoms with Gasteiger partial charge < -0.3 is 23.7 Å². The van der Waals surface area contributed by atoms with Crippen LogP contribution in [0.25, 0.3) is 0 Å². The minimum atomic E-state index is -0.588. The Labute approximate surface area is 159 Å². The Bertz CT molecular complexity index is 351. The molecule has 2 aliphatic heterocycles. The second-order valence-corrected chi connectivity index (χ2v) is 6.60. The van der Waals surface area contributed by atoms with Crippen LogP contribution in [0.4, 0.5) is 0 Å². The van der Waals surface area contributed by atoms with E-state index >= 15 is 0 Å². The molecule has 0 aromatic heterocycles. The molecular formula is C19H39NO6. The second kappa shape index (κ2) is 11.9. The lowest BCUT2D eigenvalue weighted by Crippen LogP contribution is -2.59. The van der Waals surface area contributed by atoms with Gasteiger partial charge in [-0.15, -0.1) is 0 Å². The lowest BCUT2D eigenvalue weighted by molar-refractivity contribution is -0.287. The minimum Gasteiger partial charge on any atom is -0.468 e. The van der Waals surface area contributed by atoms with Crippen molar-refractivity contribution in [3.05, 3.63) is 0 Å². The molecule has 2 heterocycles. The number of methoxy groups -OCH3 is 1. The summed E-state index contributed by atoms with van der Waals surface area (Å²) >= 11 is 0. The highest BCUT2D eigenvalue weighted by Crippen LogP contribution is 2.25. The quantitative estimate of drug-likeness (QED) is 0.698. The van der Waals surface area contributed by atoms with Crippen molar-refractivity contribution in [1.82, 2.24) is 4.90 Å². The third-order valence-corrected chi connectivity index (χ3v) is 3.97. The van der Waals surface area contributed by atoms with Crippen molar-refractivity contribution in [2.45, 2.75) is 79.0 Å². The van der Waals surface area contributed by atoms with Gasteiger partial charge in [-0.25, -0.2) is 0 Å². The van der Waals surface area contributed by atoms with E-state index in [0.29, 0.717) is 26.4 Å². The molecule has 0 spiro atoms. The SMILES string of the molecule is CC.CC.COC(=O)CN(C1COC(C)(C)OC1)C1COC(C)(C)OC1. The van der Waals surface area contributed by atoms with E-state index in [1.807, 2.05) is 60.3 Å². The molecule has 7 heteroatoms. The van der Waals surface area contributed by atoms with Crippen molar-refractivity contribution >= 4 is 5.97 Å². The summed E-state index contributed by atoms with van der Waals surface area (Å²) in [5.41, 5.74) is 0. The maximum Gasteiger partial charge on any atom is 0.319 e. The molecule has 0 aliphatic carbocycles. The first-order valence-electron chi connectivity index (χ1n) is 9.61. The van der Waals surface area contributed by atoms with Gasteiger partial charge in [-0.2, -0.15) is 0 Å². The van der Waals surface area contributed by atoms with Crippen LogP contribution in [0.3, 0.4) is 0 Å². The van der Waals surface area contributed by atoms with E-state index in [-0.39, 0.29) is 24.6 Å². The van der Waals surface area contributed by atoms with Gasteiger partial charge in [-0.1, -0.05) is 27.7 Å². The first-order chi connectivity index (χ1) is 12.2. The van der Waals surface area contributed by atoms with Crippen LogP contribution in [0, 0.1) is 0 Å². The molecule has 0 radical (unpaired) electrons. The topological polar surface area (TPSA) is 66.5 Å². The van der Waals surface area contributed by atoms with Crippen molar-refractivity contribution in [2.24, 2.45) is 0 Å². The fourth-order valence-electron chi connectivity index (χ4n) is 2.52. The summed E-state index contributed by atoms with van der Waals surface area (Å²) in [6, 6.07) is -0.0731. The van der Waals surface area contributed by atoms with Crippen LogP contribution < -0.4 is 0 Å². The molecule has 26 heavy (non-hydrogen) atoms. The number of rotatable bonds is 4. The van der Waals surface area contributed by atoms with Gasteiger partial charge in [0, 0.05) is 0 Å². The summed E-state index contributed by atoms with van der Waals surface area (Å²) in [4.78, 5) is 13.7. The molecule has 0 atom stereocenters. The number of carbonyl (C=O) groups excluding carboxylic acids is 1.